The van der Waals surface area contributed by atoms with Gasteiger partial charge in [-0.2, -0.15) is 0 Å². The fourth-order valence-corrected chi connectivity index (χ4v) is 2.81. The van der Waals surface area contributed by atoms with Crippen LogP contribution in [0.4, 0.5) is 11.4 Å². The first-order chi connectivity index (χ1) is 13.1. The van der Waals surface area contributed by atoms with Crippen LogP contribution >= 0.6 is 11.6 Å². The molecule has 0 spiro atoms. The number of carbonyl (C=O) groups excluding carboxylic acids is 2. The van der Waals surface area contributed by atoms with Crippen LogP contribution in [0.3, 0.4) is 0 Å². The molecule has 28 heavy (non-hydrogen) atoms. The molecule has 0 saturated carbocycles. The molecule has 2 rings (SSSR count). The molecule has 150 valence electrons. The Kier molecular flexibility index (Phi) is 6.87. The zero-order valence-electron chi connectivity index (χ0n) is 15.4. The van der Waals surface area contributed by atoms with Crippen LogP contribution in [0.5, 0.6) is 5.75 Å². The summed E-state index contributed by atoms with van der Waals surface area (Å²) in [6.45, 7) is -0.306. The van der Waals surface area contributed by atoms with Crippen molar-refractivity contribution >= 4 is 44.9 Å². The monoisotopic (exact) mass is 426 g/mol. The molecule has 0 atom stereocenters. The quantitative estimate of drug-likeness (QED) is 0.682. The number of anilines is 2. The smallest absolute Gasteiger partial charge is 0.337 e. The molecule has 0 aliphatic carbocycles. The van der Waals surface area contributed by atoms with Crippen LogP contribution in [0, 0.1) is 0 Å². The van der Waals surface area contributed by atoms with Crippen LogP contribution in [0.1, 0.15) is 10.4 Å². The summed E-state index contributed by atoms with van der Waals surface area (Å²) in [7, 11) is -0.675. The van der Waals surface area contributed by atoms with Crippen molar-refractivity contribution in [2.75, 3.05) is 36.6 Å². The highest BCUT2D eigenvalue weighted by Crippen LogP contribution is 2.24. The van der Waals surface area contributed by atoms with Gasteiger partial charge < -0.3 is 14.8 Å². The van der Waals surface area contributed by atoms with Crippen molar-refractivity contribution < 1.29 is 27.5 Å². The van der Waals surface area contributed by atoms with Gasteiger partial charge in [-0.25, -0.2) is 13.2 Å². The zero-order valence-corrected chi connectivity index (χ0v) is 17.0. The van der Waals surface area contributed by atoms with Crippen molar-refractivity contribution in [1.82, 2.24) is 0 Å². The van der Waals surface area contributed by atoms with Gasteiger partial charge in [0.15, 0.2) is 6.61 Å². The third-order valence-electron chi connectivity index (χ3n) is 3.73. The van der Waals surface area contributed by atoms with E-state index in [1.54, 1.807) is 24.3 Å². The maximum absolute atomic E-state index is 12.1. The highest BCUT2D eigenvalue weighted by Gasteiger charge is 2.13. The normalized spacial score (nSPS) is 10.9. The van der Waals surface area contributed by atoms with E-state index in [0.717, 1.165) is 10.6 Å². The summed E-state index contributed by atoms with van der Waals surface area (Å²) in [6.07, 6.45) is 1.10. The fraction of sp³-hybridized carbons (Fsp3) is 0.222. The van der Waals surface area contributed by atoms with Gasteiger partial charge >= 0.3 is 5.97 Å². The van der Waals surface area contributed by atoms with E-state index in [-0.39, 0.29) is 22.9 Å². The van der Waals surface area contributed by atoms with Crippen molar-refractivity contribution in [1.29, 1.82) is 0 Å². The molecule has 2 aromatic carbocycles. The molecule has 0 unspecified atom stereocenters. The summed E-state index contributed by atoms with van der Waals surface area (Å²) in [5.41, 5.74) is 0.961. The highest BCUT2D eigenvalue weighted by molar-refractivity contribution is 7.92. The number of rotatable bonds is 7. The predicted octanol–water partition coefficient (Wildman–Crippen LogP) is 2.54. The number of ether oxygens (including phenoxy) is 2. The molecule has 1 amide bonds. The highest BCUT2D eigenvalue weighted by atomic mass is 35.5. The Balaban J connectivity index is 1.99. The average Bonchev–Trinajstić information content (AvgIpc) is 2.66. The lowest BCUT2D eigenvalue weighted by Gasteiger charge is -2.16. The Morgan fingerprint density at radius 2 is 1.79 bits per heavy atom. The van der Waals surface area contributed by atoms with Gasteiger partial charge in [0.1, 0.15) is 5.75 Å². The minimum Gasteiger partial charge on any atom is -0.484 e. The predicted molar refractivity (Wildman–Crippen MR) is 107 cm³/mol. The van der Waals surface area contributed by atoms with Crippen molar-refractivity contribution in [2.24, 2.45) is 0 Å². The molecule has 0 fully saturated rings. The van der Waals surface area contributed by atoms with Crippen LogP contribution in [-0.2, 0) is 19.6 Å². The third-order valence-corrected chi connectivity index (χ3v) is 5.26. The summed E-state index contributed by atoms with van der Waals surface area (Å²) in [6, 6.07) is 10.6. The van der Waals surface area contributed by atoms with E-state index in [1.807, 2.05) is 0 Å². The first kappa shape index (κ1) is 21.5. The van der Waals surface area contributed by atoms with Crippen molar-refractivity contribution in [3.05, 3.63) is 53.1 Å². The summed E-state index contributed by atoms with van der Waals surface area (Å²) >= 11 is 6.03. The fourth-order valence-electron chi connectivity index (χ4n) is 2.14. The van der Waals surface area contributed by atoms with Crippen LogP contribution in [0.2, 0.25) is 5.02 Å². The van der Waals surface area contributed by atoms with Gasteiger partial charge in [0.2, 0.25) is 10.0 Å². The lowest BCUT2D eigenvalue weighted by molar-refractivity contribution is -0.118. The Hall–Kier alpha value is -2.78. The summed E-state index contributed by atoms with van der Waals surface area (Å²) < 4.78 is 34.2. The lowest BCUT2D eigenvalue weighted by Crippen LogP contribution is -2.24. The molecule has 0 radical (unpaired) electrons. The Morgan fingerprint density at radius 3 is 2.36 bits per heavy atom. The lowest BCUT2D eigenvalue weighted by atomic mass is 10.2. The second-order valence-electron chi connectivity index (χ2n) is 5.75. The van der Waals surface area contributed by atoms with Gasteiger partial charge in [0.25, 0.3) is 5.91 Å². The third kappa shape index (κ3) is 5.61. The zero-order chi connectivity index (χ0) is 20.9. The number of methoxy groups -OCH3 is 1. The number of hydrogen-bond acceptors (Lipinski definition) is 6. The molecular formula is C18H19ClN2O6S. The Bertz CT molecular complexity index is 976. The number of halogens is 1. The molecule has 2 aromatic rings. The molecule has 0 heterocycles. The first-order valence-corrected chi connectivity index (χ1v) is 10.2. The molecular weight excluding hydrogens is 408 g/mol. The number of esters is 1. The number of sulfonamides is 1. The number of hydrogen-bond donors (Lipinski definition) is 1. The molecule has 0 bridgehead atoms. The summed E-state index contributed by atoms with van der Waals surface area (Å²) in [4.78, 5) is 23.7. The minimum absolute atomic E-state index is 0.244. The minimum atomic E-state index is -3.36. The average molecular weight is 427 g/mol. The topological polar surface area (TPSA) is 102 Å². The van der Waals surface area contributed by atoms with E-state index in [4.69, 9.17) is 16.3 Å². The van der Waals surface area contributed by atoms with Crippen LogP contribution in [-0.4, -0.2) is 47.3 Å². The van der Waals surface area contributed by atoms with Crippen molar-refractivity contribution in [3.63, 3.8) is 0 Å². The molecule has 1 N–H and O–H groups in total. The number of amides is 1. The Labute approximate surface area is 168 Å². The second kappa shape index (κ2) is 8.94. The maximum Gasteiger partial charge on any atom is 0.337 e. The standard InChI is InChI=1S/C18H19ClN2O6S/c1-21(28(3,24)25)13-5-7-14(8-6-13)27-11-17(22)20-16-10-12(18(23)26-2)4-9-15(16)19/h4-10H,11H2,1-3H3,(H,20,22). The van der Waals surface area contributed by atoms with Crippen molar-refractivity contribution in [3.8, 4) is 5.75 Å². The first-order valence-electron chi connectivity index (χ1n) is 7.96. The number of nitrogens with zero attached hydrogens (tertiary/aromatic N) is 1. The van der Waals surface area contributed by atoms with Gasteiger partial charge in [0.05, 0.1) is 35.3 Å². The summed E-state index contributed by atoms with van der Waals surface area (Å²) in [5, 5.41) is 2.82. The van der Waals surface area contributed by atoms with Crippen LogP contribution in [0.25, 0.3) is 0 Å². The van der Waals surface area contributed by atoms with Crippen molar-refractivity contribution in [2.45, 2.75) is 0 Å². The molecule has 8 nitrogen and oxygen atoms in total. The molecule has 0 aliphatic heterocycles. The maximum atomic E-state index is 12.1. The van der Waals surface area contributed by atoms with Gasteiger partial charge in [-0.1, -0.05) is 11.6 Å². The van der Waals surface area contributed by atoms with E-state index < -0.39 is 21.9 Å². The van der Waals surface area contributed by atoms with Gasteiger partial charge in [0, 0.05) is 7.05 Å². The van der Waals surface area contributed by atoms with Gasteiger partial charge in [-0.3, -0.25) is 9.10 Å². The molecule has 10 heteroatoms. The van der Waals surface area contributed by atoms with E-state index in [1.165, 1.54) is 32.4 Å². The van der Waals surface area contributed by atoms with E-state index in [9.17, 15) is 18.0 Å². The van der Waals surface area contributed by atoms with Gasteiger partial charge in [-0.05, 0) is 42.5 Å². The van der Waals surface area contributed by atoms with E-state index in [0.29, 0.717) is 11.4 Å². The Morgan fingerprint density at radius 1 is 1.14 bits per heavy atom. The van der Waals surface area contributed by atoms with E-state index in [2.05, 4.69) is 10.1 Å². The van der Waals surface area contributed by atoms with Crippen LogP contribution in [0.15, 0.2) is 42.5 Å². The SMILES string of the molecule is COC(=O)c1ccc(Cl)c(NC(=O)COc2ccc(N(C)S(C)(=O)=O)cc2)c1. The number of carbonyl (C=O) groups is 2. The second-order valence-corrected chi connectivity index (χ2v) is 8.17. The van der Waals surface area contributed by atoms with E-state index >= 15 is 0 Å². The van der Waals surface area contributed by atoms with Gasteiger partial charge in [-0.15, -0.1) is 0 Å². The molecule has 0 aliphatic rings. The largest absolute Gasteiger partial charge is 0.484 e. The van der Waals surface area contributed by atoms with Crippen LogP contribution < -0.4 is 14.4 Å². The summed E-state index contributed by atoms with van der Waals surface area (Å²) in [5.74, 6) is -0.654. The molecule has 0 saturated heterocycles. The number of nitrogens with one attached hydrogen (secondary N) is 1. The number of benzene rings is 2. The molecule has 0 aromatic heterocycles.